The number of nitrogens with zero attached hydrogens (tertiary/aromatic N) is 1. The molecule has 1 aliphatic rings. The molecule has 2 rings (SSSR count). The maximum absolute atomic E-state index is 10.5. The standard InChI is InChI=1S/C13H17NO4/c15-10-11-1-2-13(12(16)9-11)18-8-5-14-3-6-17-7-4-14/h1-2,9-10,16H,3-8H2. The number of morpholine rings is 1. The average molecular weight is 251 g/mol. The number of aromatic hydroxyl groups is 1. The fraction of sp³-hybridized carbons (Fsp3) is 0.462. The second-order valence-corrected chi connectivity index (χ2v) is 4.15. The van der Waals surface area contributed by atoms with E-state index in [9.17, 15) is 9.90 Å². The summed E-state index contributed by atoms with van der Waals surface area (Å²) in [4.78, 5) is 12.8. The number of carbonyl (C=O) groups excluding carboxylic acids is 1. The van der Waals surface area contributed by atoms with Gasteiger partial charge in [0.1, 0.15) is 12.9 Å². The lowest BCUT2D eigenvalue weighted by Gasteiger charge is -2.26. The Balaban J connectivity index is 1.80. The highest BCUT2D eigenvalue weighted by molar-refractivity contribution is 5.76. The van der Waals surface area contributed by atoms with Crippen molar-refractivity contribution in [2.24, 2.45) is 0 Å². The van der Waals surface area contributed by atoms with E-state index in [0.29, 0.717) is 24.2 Å². The van der Waals surface area contributed by atoms with Gasteiger partial charge < -0.3 is 14.6 Å². The van der Waals surface area contributed by atoms with Gasteiger partial charge in [-0.3, -0.25) is 9.69 Å². The summed E-state index contributed by atoms with van der Waals surface area (Å²) in [5.41, 5.74) is 0.438. The first kappa shape index (κ1) is 12.9. The fourth-order valence-electron chi connectivity index (χ4n) is 1.84. The maximum atomic E-state index is 10.5. The van der Waals surface area contributed by atoms with Crippen molar-refractivity contribution in [3.63, 3.8) is 0 Å². The number of benzene rings is 1. The molecule has 0 unspecified atom stereocenters. The molecule has 0 amide bonds. The van der Waals surface area contributed by atoms with Crippen molar-refractivity contribution in [1.82, 2.24) is 4.90 Å². The highest BCUT2D eigenvalue weighted by atomic mass is 16.5. The van der Waals surface area contributed by atoms with Gasteiger partial charge in [0.05, 0.1) is 13.2 Å². The average Bonchev–Trinajstić information content (AvgIpc) is 2.42. The summed E-state index contributed by atoms with van der Waals surface area (Å²) in [5, 5.41) is 9.64. The summed E-state index contributed by atoms with van der Waals surface area (Å²) < 4.78 is 10.7. The SMILES string of the molecule is O=Cc1ccc(OCCN2CCOCC2)c(O)c1. The largest absolute Gasteiger partial charge is 0.504 e. The van der Waals surface area contributed by atoms with E-state index >= 15 is 0 Å². The van der Waals surface area contributed by atoms with Gasteiger partial charge in [0.25, 0.3) is 0 Å². The minimum Gasteiger partial charge on any atom is -0.504 e. The molecule has 0 aliphatic carbocycles. The lowest BCUT2D eigenvalue weighted by Crippen LogP contribution is -2.38. The Labute approximate surface area is 106 Å². The number of phenols is 1. The van der Waals surface area contributed by atoms with Gasteiger partial charge in [-0.05, 0) is 18.2 Å². The third kappa shape index (κ3) is 3.45. The van der Waals surface area contributed by atoms with Crippen molar-refractivity contribution >= 4 is 6.29 Å². The third-order valence-corrected chi connectivity index (χ3v) is 2.89. The summed E-state index contributed by atoms with van der Waals surface area (Å²) in [6.45, 7) is 4.67. The summed E-state index contributed by atoms with van der Waals surface area (Å²) >= 11 is 0. The number of ether oxygens (including phenoxy) is 2. The fourth-order valence-corrected chi connectivity index (χ4v) is 1.84. The van der Waals surface area contributed by atoms with Crippen molar-refractivity contribution in [3.8, 4) is 11.5 Å². The van der Waals surface area contributed by atoms with Crippen molar-refractivity contribution < 1.29 is 19.4 Å². The van der Waals surface area contributed by atoms with Gasteiger partial charge in [-0.25, -0.2) is 0 Å². The summed E-state index contributed by atoms with van der Waals surface area (Å²) in [7, 11) is 0. The van der Waals surface area contributed by atoms with Crippen molar-refractivity contribution in [2.75, 3.05) is 39.5 Å². The number of rotatable bonds is 5. The Morgan fingerprint density at radius 3 is 2.83 bits per heavy atom. The minimum absolute atomic E-state index is 0.00146. The zero-order valence-corrected chi connectivity index (χ0v) is 10.2. The molecule has 1 saturated heterocycles. The zero-order valence-electron chi connectivity index (χ0n) is 10.2. The van der Waals surface area contributed by atoms with Crippen LogP contribution < -0.4 is 4.74 Å². The van der Waals surface area contributed by atoms with Crippen molar-refractivity contribution in [2.45, 2.75) is 0 Å². The van der Waals surface area contributed by atoms with E-state index < -0.39 is 0 Å². The van der Waals surface area contributed by atoms with E-state index in [-0.39, 0.29) is 5.75 Å². The first-order valence-corrected chi connectivity index (χ1v) is 6.00. The molecular weight excluding hydrogens is 234 g/mol. The van der Waals surface area contributed by atoms with Crippen LogP contribution in [0.15, 0.2) is 18.2 Å². The Morgan fingerprint density at radius 2 is 2.17 bits per heavy atom. The first-order chi connectivity index (χ1) is 8.79. The Hall–Kier alpha value is -1.59. The molecule has 5 heteroatoms. The molecule has 0 bridgehead atoms. The molecule has 1 aromatic rings. The Morgan fingerprint density at radius 1 is 1.39 bits per heavy atom. The minimum atomic E-state index is 0.00146. The normalized spacial score (nSPS) is 16.4. The van der Waals surface area contributed by atoms with E-state index in [4.69, 9.17) is 9.47 Å². The van der Waals surface area contributed by atoms with Crippen LogP contribution in [0.25, 0.3) is 0 Å². The van der Waals surface area contributed by atoms with Crippen LogP contribution in [0.5, 0.6) is 11.5 Å². The molecule has 1 aliphatic heterocycles. The van der Waals surface area contributed by atoms with Crippen LogP contribution in [0.2, 0.25) is 0 Å². The second-order valence-electron chi connectivity index (χ2n) is 4.15. The molecule has 1 aromatic carbocycles. The summed E-state index contributed by atoms with van der Waals surface area (Å²) in [5.74, 6) is 0.412. The topological polar surface area (TPSA) is 59.0 Å². The van der Waals surface area contributed by atoms with Crippen molar-refractivity contribution in [1.29, 1.82) is 0 Å². The second kappa shape index (κ2) is 6.37. The molecule has 5 nitrogen and oxygen atoms in total. The Bertz CT molecular complexity index is 402. The zero-order chi connectivity index (χ0) is 12.8. The van der Waals surface area contributed by atoms with Gasteiger partial charge in [0, 0.05) is 25.2 Å². The van der Waals surface area contributed by atoms with Crippen LogP contribution in [0.4, 0.5) is 0 Å². The molecular formula is C13H17NO4. The molecule has 0 aromatic heterocycles. The smallest absolute Gasteiger partial charge is 0.161 e. The predicted molar refractivity (Wildman–Crippen MR) is 66.2 cm³/mol. The first-order valence-electron chi connectivity index (χ1n) is 6.00. The molecule has 0 saturated carbocycles. The van der Waals surface area contributed by atoms with Crippen LogP contribution in [0, 0.1) is 0 Å². The van der Waals surface area contributed by atoms with E-state index in [0.717, 1.165) is 32.8 Å². The van der Waals surface area contributed by atoms with Crippen LogP contribution in [0.3, 0.4) is 0 Å². The highest BCUT2D eigenvalue weighted by Crippen LogP contribution is 2.26. The molecule has 0 radical (unpaired) electrons. The number of phenolic OH excluding ortho intramolecular Hbond substituents is 1. The van der Waals surface area contributed by atoms with Crippen LogP contribution in [-0.4, -0.2) is 55.7 Å². The monoisotopic (exact) mass is 251 g/mol. The predicted octanol–water partition coefficient (Wildman–Crippen LogP) is 0.916. The summed E-state index contributed by atoms with van der Waals surface area (Å²) in [6, 6.07) is 4.63. The molecule has 1 N–H and O–H groups in total. The van der Waals surface area contributed by atoms with Crippen LogP contribution in [0.1, 0.15) is 10.4 Å². The lowest BCUT2D eigenvalue weighted by atomic mass is 10.2. The van der Waals surface area contributed by atoms with Gasteiger partial charge in [-0.2, -0.15) is 0 Å². The number of hydrogen-bond donors (Lipinski definition) is 1. The van der Waals surface area contributed by atoms with Gasteiger partial charge in [-0.1, -0.05) is 0 Å². The number of hydrogen-bond acceptors (Lipinski definition) is 5. The van der Waals surface area contributed by atoms with Crippen molar-refractivity contribution in [3.05, 3.63) is 23.8 Å². The molecule has 0 spiro atoms. The third-order valence-electron chi connectivity index (χ3n) is 2.89. The number of aldehydes is 1. The van der Waals surface area contributed by atoms with E-state index in [1.165, 1.54) is 6.07 Å². The van der Waals surface area contributed by atoms with Gasteiger partial charge in [0.15, 0.2) is 11.5 Å². The quantitative estimate of drug-likeness (QED) is 0.788. The van der Waals surface area contributed by atoms with Crippen LogP contribution >= 0.6 is 0 Å². The lowest BCUT2D eigenvalue weighted by molar-refractivity contribution is 0.0321. The van der Waals surface area contributed by atoms with Gasteiger partial charge in [0.2, 0.25) is 0 Å². The van der Waals surface area contributed by atoms with E-state index in [1.807, 2.05) is 0 Å². The maximum Gasteiger partial charge on any atom is 0.161 e. The van der Waals surface area contributed by atoms with Gasteiger partial charge >= 0.3 is 0 Å². The van der Waals surface area contributed by atoms with E-state index in [1.54, 1.807) is 12.1 Å². The highest BCUT2D eigenvalue weighted by Gasteiger charge is 2.10. The molecule has 18 heavy (non-hydrogen) atoms. The molecule has 1 heterocycles. The Kier molecular flexibility index (Phi) is 4.55. The molecule has 1 fully saturated rings. The summed E-state index contributed by atoms with van der Waals surface area (Å²) in [6.07, 6.45) is 0.692. The molecule has 98 valence electrons. The van der Waals surface area contributed by atoms with Crippen LogP contribution in [-0.2, 0) is 4.74 Å². The molecule has 0 atom stereocenters. The van der Waals surface area contributed by atoms with Gasteiger partial charge in [-0.15, -0.1) is 0 Å². The van der Waals surface area contributed by atoms with E-state index in [2.05, 4.69) is 4.90 Å². The number of carbonyl (C=O) groups is 1.